The molecule has 9 aromatic rings. The molecule has 0 spiro atoms. The summed E-state index contributed by atoms with van der Waals surface area (Å²) in [5.74, 6) is 0. The molecule has 274 valence electrons. The van der Waals surface area contributed by atoms with Crippen molar-refractivity contribution in [1.82, 2.24) is 0 Å². The van der Waals surface area contributed by atoms with Crippen molar-refractivity contribution in [2.75, 3.05) is 9.80 Å². The van der Waals surface area contributed by atoms with E-state index in [1.807, 2.05) is 0 Å². The van der Waals surface area contributed by atoms with Crippen LogP contribution >= 0.6 is 0 Å². The van der Waals surface area contributed by atoms with E-state index < -0.39 is 18.7 Å². The minimum atomic E-state index is -3.52. The SMILES string of the molecule is c1ccc(N2c3ccccc3C(c3ccccc3)(c3cccc(N4c5cccc[c]5[Ge]([c]5ccccc5)([c]5ccccc5)[c]5ccccc54)c3)c3ccccc32)cc1. The van der Waals surface area contributed by atoms with Crippen molar-refractivity contribution < 1.29 is 0 Å². The standard InChI is InChI=1S/C55H40GeN2/c1-5-22-41(23-6-1)55(47-32-13-17-36-51(47)57(45-29-11-4-12-30-45)52-37-18-14-33-48(52)55)42-24-21-31-46(40-42)58-53-38-19-15-34-49(53)56(43-25-7-2-8-26-43,44-27-9-3-10-28-44)50-35-16-20-39-54(50)58/h1-40H. The van der Waals surface area contributed by atoms with Crippen LogP contribution in [0.3, 0.4) is 0 Å². The van der Waals surface area contributed by atoms with Crippen LogP contribution in [-0.2, 0) is 5.41 Å². The molecule has 0 saturated carbocycles. The summed E-state index contributed by atoms with van der Waals surface area (Å²) >= 11 is -3.52. The Hall–Kier alpha value is -6.88. The Morgan fingerprint density at radius 3 is 1.21 bits per heavy atom. The minimum Gasteiger partial charge on any atom is -0.0602 e. The molecule has 2 aliphatic heterocycles. The van der Waals surface area contributed by atoms with Gasteiger partial charge in [-0.25, -0.2) is 0 Å². The van der Waals surface area contributed by atoms with E-state index in [1.54, 1.807) is 0 Å². The van der Waals surface area contributed by atoms with E-state index in [4.69, 9.17) is 0 Å². The van der Waals surface area contributed by atoms with E-state index in [1.165, 1.54) is 62.6 Å². The maximum atomic E-state index is 2.54. The third kappa shape index (κ3) is 4.98. The molecule has 0 aliphatic carbocycles. The molecule has 0 aromatic heterocycles. The molecular weight excluding hydrogens is 761 g/mol. The minimum absolute atomic E-state index is 0.611. The molecule has 2 heterocycles. The zero-order valence-electron chi connectivity index (χ0n) is 32.0. The molecule has 0 N–H and O–H groups in total. The van der Waals surface area contributed by atoms with Gasteiger partial charge in [0.05, 0.1) is 0 Å². The molecule has 0 unspecified atom stereocenters. The molecule has 11 rings (SSSR count). The number of rotatable bonds is 6. The molecule has 0 bridgehead atoms. The van der Waals surface area contributed by atoms with Gasteiger partial charge in [0.15, 0.2) is 0 Å². The van der Waals surface area contributed by atoms with Crippen LogP contribution in [0.15, 0.2) is 243 Å². The molecule has 2 nitrogen and oxygen atoms in total. The first-order chi connectivity index (χ1) is 28.8. The Morgan fingerprint density at radius 2 is 0.672 bits per heavy atom. The van der Waals surface area contributed by atoms with Crippen LogP contribution in [0.4, 0.5) is 34.1 Å². The first-order valence-corrected chi connectivity index (χ1v) is 24.3. The molecule has 58 heavy (non-hydrogen) atoms. The summed E-state index contributed by atoms with van der Waals surface area (Å²) in [4.78, 5) is 4.98. The third-order valence-electron chi connectivity index (χ3n) is 12.4. The summed E-state index contributed by atoms with van der Waals surface area (Å²) in [5, 5.41) is 0. The molecule has 0 saturated heterocycles. The monoisotopic (exact) mass is 802 g/mol. The number of para-hydroxylation sites is 5. The topological polar surface area (TPSA) is 6.48 Å². The van der Waals surface area contributed by atoms with Crippen LogP contribution in [-0.4, -0.2) is 13.3 Å². The van der Waals surface area contributed by atoms with Gasteiger partial charge in [-0.3, -0.25) is 0 Å². The van der Waals surface area contributed by atoms with Crippen molar-refractivity contribution >= 4 is 65.0 Å². The number of fused-ring (bicyclic) bond motifs is 4. The van der Waals surface area contributed by atoms with Crippen LogP contribution in [0.1, 0.15) is 22.3 Å². The zero-order chi connectivity index (χ0) is 38.5. The Morgan fingerprint density at radius 1 is 0.293 bits per heavy atom. The molecule has 2 aliphatic rings. The van der Waals surface area contributed by atoms with E-state index in [0.29, 0.717) is 0 Å². The van der Waals surface area contributed by atoms with Gasteiger partial charge in [0, 0.05) is 0 Å². The fourth-order valence-corrected chi connectivity index (χ4v) is 20.9. The van der Waals surface area contributed by atoms with Gasteiger partial charge in [0.25, 0.3) is 0 Å². The van der Waals surface area contributed by atoms with E-state index in [-0.39, 0.29) is 0 Å². The number of hydrogen-bond donors (Lipinski definition) is 0. The van der Waals surface area contributed by atoms with Gasteiger partial charge in [0.2, 0.25) is 0 Å². The van der Waals surface area contributed by atoms with E-state index in [0.717, 1.165) is 11.4 Å². The summed E-state index contributed by atoms with van der Waals surface area (Å²) in [6.07, 6.45) is 0. The Kier molecular flexibility index (Phi) is 8.27. The summed E-state index contributed by atoms with van der Waals surface area (Å²) in [6, 6.07) is 90.4. The average molecular weight is 802 g/mol. The molecule has 0 radical (unpaired) electrons. The van der Waals surface area contributed by atoms with E-state index in [2.05, 4.69) is 252 Å². The van der Waals surface area contributed by atoms with Crippen LogP contribution in [0, 0.1) is 0 Å². The van der Waals surface area contributed by atoms with Gasteiger partial charge in [0.1, 0.15) is 0 Å². The number of hydrogen-bond acceptors (Lipinski definition) is 2. The third-order valence-corrected chi connectivity index (χ3v) is 22.6. The maximum absolute atomic E-state index is 3.52. The normalized spacial score (nSPS) is 14.4. The fourth-order valence-electron chi connectivity index (χ4n) is 10.1. The smallest absolute Gasteiger partial charge is 0.0602 e. The molecule has 0 atom stereocenters. The predicted molar refractivity (Wildman–Crippen MR) is 245 cm³/mol. The van der Waals surface area contributed by atoms with Gasteiger partial charge in [-0.05, 0) is 0 Å². The van der Waals surface area contributed by atoms with Gasteiger partial charge in [-0.15, -0.1) is 0 Å². The van der Waals surface area contributed by atoms with Gasteiger partial charge >= 0.3 is 327 Å². The van der Waals surface area contributed by atoms with Crippen LogP contribution in [0.2, 0.25) is 0 Å². The predicted octanol–water partition coefficient (Wildman–Crippen LogP) is 11.0. The fraction of sp³-hybridized carbons (Fsp3) is 0.0182. The van der Waals surface area contributed by atoms with Crippen molar-refractivity contribution in [2.45, 2.75) is 5.41 Å². The van der Waals surface area contributed by atoms with Crippen LogP contribution < -0.4 is 27.4 Å². The number of benzene rings is 9. The molecule has 9 aromatic carbocycles. The second-order valence-electron chi connectivity index (χ2n) is 15.2. The van der Waals surface area contributed by atoms with E-state index in [9.17, 15) is 0 Å². The number of nitrogens with zero attached hydrogens (tertiary/aromatic N) is 2. The second-order valence-corrected chi connectivity index (χ2v) is 23.1. The Balaban J connectivity index is 1.19. The van der Waals surface area contributed by atoms with Crippen molar-refractivity contribution in [3.05, 3.63) is 265 Å². The van der Waals surface area contributed by atoms with Gasteiger partial charge in [-0.1, -0.05) is 18.2 Å². The second kappa shape index (κ2) is 13.9. The van der Waals surface area contributed by atoms with Crippen molar-refractivity contribution in [3.8, 4) is 0 Å². The quantitative estimate of drug-likeness (QED) is 0.155. The van der Waals surface area contributed by atoms with Gasteiger partial charge in [-0.2, -0.15) is 0 Å². The molecule has 0 fully saturated rings. The van der Waals surface area contributed by atoms with Gasteiger partial charge < -0.3 is 0 Å². The summed E-state index contributed by atoms with van der Waals surface area (Å²) in [7, 11) is 0. The van der Waals surface area contributed by atoms with Crippen molar-refractivity contribution in [2.24, 2.45) is 0 Å². The van der Waals surface area contributed by atoms with Crippen LogP contribution in [0.25, 0.3) is 0 Å². The van der Waals surface area contributed by atoms with Crippen molar-refractivity contribution in [1.29, 1.82) is 0 Å². The first-order valence-electron chi connectivity index (χ1n) is 20.1. The van der Waals surface area contributed by atoms with Crippen molar-refractivity contribution in [3.63, 3.8) is 0 Å². The summed E-state index contributed by atoms with van der Waals surface area (Å²) in [5.41, 5.74) is 11.5. The summed E-state index contributed by atoms with van der Waals surface area (Å²) in [6.45, 7) is 0. The zero-order valence-corrected chi connectivity index (χ0v) is 34.1. The van der Waals surface area contributed by atoms with Crippen LogP contribution in [0.5, 0.6) is 0 Å². The molecule has 0 amide bonds. The Bertz CT molecular complexity index is 2770. The molecule has 3 heteroatoms. The average Bonchev–Trinajstić information content (AvgIpc) is 3.31. The Labute approximate surface area is 343 Å². The number of anilines is 6. The summed E-state index contributed by atoms with van der Waals surface area (Å²) < 4.78 is 5.74. The molecular formula is C55H40GeN2. The first kappa shape index (κ1) is 34.4. The van der Waals surface area contributed by atoms with E-state index >= 15 is 0 Å².